The maximum atomic E-state index is 9.55. The van der Waals surface area contributed by atoms with Crippen molar-refractivity contribution in [3.05, 3.63) is 23.8 Å². The predicted octanol–water partition coefficient (Wildman–Crippen LogP) is 2.27. The molecule has 0 aliphatic carbocycles. The van der Waals surface area contributed by atoms with Crippen molar-refractivity contribution < 1.29 is 5.11 Å². The highest BCUT2D eigenvalue weighted by molar-refractivity contribution is 5.56. The van der Waals surface area contributed by atoms with Crippen molar-refractivity contribution >= 4 is 5.69 Å². The van der Waals surface area contributed by atoms with Gasteiger partial charge in [0.15, 0.2) is 0 Å². The summed E-state index contributed by atoms with van der Waals surface area (Å²) in [4.78, 5) is 0. The third-order valence-electron chi connectivity index (χ3n) is 1.82. The lowest BCUT2D eigenvalue weighted by Gasteiger charge is -2.22. The fourth-order valence-electron chi connectivity index (χ4n) is 1.37. The van der Waals surface area contributed by atoms with E-state index in [9.17, 15) is 5.11 Å². The molecule has 0 fully saturated rings. The molecule has 0 radical (unpaired) electrons. The molecule has 0 spiro atoms. The Morgan fingerprint density at radius 3 is 2.17 bits per heavy atom. The van der Waals surface area contributed by atoms with Crippen LogP contribution in [0.4, 0.5) is 5.69 Å². The Kier molecular flexibility index (Phi) is 2.01. The summed E-state index contributed by atoms with van der Waals surface area (Å²) in [5.41, 5.74) is 7.12. The summed E-state index contributed by atoms with van der Waals surface area (Å²) in [7, 11) is 0. The van der Waals surface area contributed by atoms with Crippen LogP contribution in [-0.2, 0) is 5.41 Å². The van der Waals surface area contributed by atoms with Gasteiger partial charge in [0.25, 0.3) is 0 Å². The number of phenols is 1. The predicted molar refractivity (Wildman–Crippen MR) is 51.2 cm³/mol. The second-order valence-electron chi connectivity index (χ2n) is 3.99. The minimum atomic E-state index is -0.102. The van der Waals surface area contributed by atoms with Crippen LogP contribution in [0.2, 0.25) is 0 Å². The van der Waals surface area contributed by atoms with Crippen LogP contribution in [0.5, 0.6) is 5.75 Å². The summed E-state index contributed by atoms with van der Waals surface area (Å²) in [5.74, 6) is 0.280. The number of hydrogen-bond donors (Lipinski definition) is 2. The number of anilines is 1. The van der Waals surface area contributed by atoms with Gasteiger partial charge in [-0.05, 0) is 17.5 Å². The molecule has 0 heterocycles. The lowest BCUT2D eigenvalue weighted by atomic mass is 9.85. The van der Waals surface area contributed by atoms with Gasteiger partial charge < -0.3 is 10.8 Å². The number of aromatic hydroxyl groups is 1. The van der Waals surface area contributed by atoms with Gasteiger partial charge in [-0.2, -0.15) is 0 Å². The highest BCUT2D eigenvalue weighted by atomic mass is 16.3. The van der Waals surface area contributed by atoms with Gasteiger partial charge in [0, 0.05) is 11.3 Å². The maximum Gasteiger partial charge on any atom is 0.121 e. The third kappa shape index (κ3) is 1.52. The van der Waals surface area contributed by atoms with Gasteiger partial charge >= 0.3 is 0 Å². The first-order chi connectivity index (χ1) is 5.43. The number of nitrogen functional groups attached to an aromatic ring is 1. The summed E-state index contributed by atoms with van der Waals surface area (Å²) < 4.78 is 0. The largest absolute Gasteiger partial charge is 0.508 e. The molecule has 0 saturated carbocycles. The Labute approximate surface area is 73.0 Å². The highest BCUT2D eigenvalue weighted by Crippen LogP contribution is 2.34. The Hall–Kier alpha value is -1.18. The van der Waals surface area contributed by atoms with Gasteiger partial charge in [0.05, 0.1) is 0 Å². The monoisotopic (exact) mass is 165 g/mol. The van der Waals surface area contributed by atoms with E-state index in [-0.39, 0.29) is 11.2 Å². The van der Waals surface area contributed by atoms with Crippen LogP contribution in [0.15, 0.2) is 18.2 Å². The molecule has 0 amide bonds. The molecule has 1 rings (SSSR count). The van der Waals surface area contributed by atoms with Crippen molar-refractivity contribution in [3.63, 3.8) is 0 Å². The zero-order chi connectivity index (χ0) is 9.35. The summed E-state index contributed by atoms with van der Waals surface area (Å²) >= 11 is 0. The van der Waals surface area contributed by atoms with E-state index in [2.05, 4.69) is 0 Å². The molecule has 3 N–H and O–H groups in total. The number of benzene rings is 1. The molecule has 1 aromatic rings. The van der Waals surface area contributed by atoms with Crippen molar-refractivity contribution in [3.8, 4) is 5.75 Å². The van der Waals surface area contributed by atoms with E-state index in [1.165, 1.54) is 0 Å². The Bertz CT molecular complexity index is 266. The summed E-state index contributed by atoms with van der Waals surface area (Å²) in [6.45, 7) is 6.08. The fourth-order valence-corrected chi connectivity index (χ4v) is 1.37. The van der Waals surface area contributed by atoms with Crippen LogP contribution in [0, 0.1) is 0 Å². The standard InChI is InChI=1S/C10H15NO/c1-10(2,3)9-7(11)5-4-6-8(9)12/h4-6,12H,11H2,1-3H3. The Morgan fingerprint density at radius 1 is 1.25 bits per heavy atom. The van der Waals surface area contributed by atoms with Crippen LogP contribution in [-0.4, -0.2) is 5.11 Å². The van der Waals surface area contributed by atoms with E-state index >= 15 is 0 Å². The summed E-state index contributed by atoms with van der Waals surface area (Å²) in [6, 6.07) is 5.22. The average Bonchev–Trinajstić information content (AvgIpc) is 1.82. The second kappa shape index (κ2) is 2.70. The Morgan fingerprint density at radius 2 is 1.83 bits per heavy atom. The molecule has 0 aliphatic heterocycles. The molecule has 2 heteroatoms. The summed E-state index contributed by atoms with van der Waals surface area (Å²) in [6.07, 6.45) is 0. The van der Waals surface area contributed by atoms with E-state index in [0.29, 0.717) is 5.69 Å². The molecule has 0 atom stereocenters. The van der Waals surface area contributed by atoms with Gasteiger partial charge in [-0.25, -0.2) is 0 Å². The molecule has 2 nitrogen and oxygen atoms in total. The summed E-state index contributed by atoms with van der Waals surface area (Å²) in [5, 5.41) is 9.55. The average molecular weight is 165 g/mol. The van der Waals surface area contributed by atoms with Crippen molar-refractivity contribution in [2.75, 3.05) is 5.73 Å². The SMILES string of the molecule is CC(C)(C)c1c(N)cccc1O. The molecule has 0 unspecified atom stereocenters. The molecular weight excluding hydrogens is 150 g/mol. The first-order valence-electron chi connectivity index (χ1n) is 4.01. The van der Waals surface area contributed by atoms with Gasteiger partial charge in [-0.15, -0.1) is 0 Å². The van der Waals surface area contributed by atoms with E-state index in [4.69, 9.17) is 5.73 Å². The maximum absolute atomic E-state index is 9.55. The zero-order valence-corrected chi connectivity index (χ0v) is 7.76. The second-order valence-corrected chi connectivity index (χ2v) is 3.99. The highest BCUT2D eigenvalue weighted by Gasteiger charge is 2.20. The third-order valence-corrected chi connectivity index (χ3v) is 1.82. The van der Waals surface area contributed by atoms with Crippen LogP contribution >= 0.6 is 0 Å². The van der Waals surface area contributed by atoms with Crippen LogP contribution in [0.25, 0.3) is 0 Å². The van der Waals surface area contributed by atoms with Crippen LogP contribution in [0.3, 0.4) is 0 Å². The quantitative estimate of drug-likeness (QED) is 0.579. The number of phenolic OH excluding ortho intramolecular Hbond substituents is 1. The van der Waals surface area contributed by atoms with Crippen molar-refractivity contribution in [2.24, 2.45) is 0 Å². The Balaban J connectivity index is 3.31. The van der Waals surface area contributed by atoms with E-state index in [0.717, 1.165) is 5.56 Å². The van der Waals surface area contributed by atoms with Crippen molar-refractivity contribution in [1.29, 1.82) is 0 Å². The fraction of sp³-hybridized carbons (Fsp3) is 0.400. The first kappa shape index (κ1) is 8.91. The number of rotatable bonds is 0. The molecule has 0 bridgehead atoms. The zero-order valence-electron chi connectivity index (χ0n) is 7.76. The van der Waals surface area contributed by atoms with Crippen LogP contribution in [0.1, 0.15) is 26.3 Å². The lowest BCUT2D eigenvalue weighted by molar-refractivity contribution is 0.448. The molecule has 1 aromatic carbocycles. The van der Waals surface area contributed by atoms with Crippen molar-refractivity contribution in [2.45, 2.75) is 26.2 Å². The molecule has 0 aromatic heterocycles. The number of nitrogens with two attached hydrogens (primary N) is 1. The molecule has 66 valence electrons. The van der Waals surface area contributed by atoms with E-state index < -0.39 is 0 Å². The van der Waals surface area contributed by atoms with Gasteiger partial charge in [-0.3, -0.25) is 0 Å². The normalized spacial score (nSPS) is 11.6. The van der Waals surface area contributed by atoms with Gasteiger partial charge in [0.2, 0.25) is 0 Å². The lowest BCUT2D eigenvalue weighted by Crippen LogP contribution is -2.13. The van der Waals surface area contributed by atoms with Gasteiger partial charge in [-0.1, -0.05) is 26.8 Å². The molecular formula is C10H15NO. The van der Waals surface area contributed by atoms with E-state index in [1.54, 1.807) is 18.2 Å². The molecule has 12 heavy (non-hydrogen) atoms. The molecule has 0 saturated heterocycles. The van der Waals surface area contributed by atoms with Crippen LogP contribution < -0.4 is 5.73 Å². The smallest absolute Gasteiger partial charge is 0.121 e. The number of hydrogen-bond acceptors (Lipinski definition) is 2. The first-order valence-corrected chi connectivity index (χ1v) is 4.01. The van der Waals surface area contributed by atoms with Crippen molar-refractivity contribution in [1.82, 2.24) is 0 Å². The van der Waals surface area contributed by atoms with E-state index in [1.807, 2.05) is 20.8 Å². The topological polar surface area (TPSA) is 46.2 Å². The van der Waals surface area contributed by atoms with Gasteiger partial charge in [0.1, 0.15) is 5.75 Å². The molecule has 0 aliphatic rings. The minimum Gasteiger partial charge on any atom is -0.508 e. The minimum absolute atomic E-state index is 0.102.